The van der Waals surface area contributed by atoms with Gasteiger partial charge < -0.3 is 21.7 Å². The van der Waals surface area contributed by atoms with Crippen LogP contribution in [0.25, 0.3) is 0 Å². The topological polar surface area (TPSA) is 123 Å². The molecule has 0 atom stereocenters. The molecule has 4 rings (SSSR count). The summed E-state index contributed by atoms with van der Waals surface area (Å²) in [5.41, 5.74) is 8.24. The molecule has 0 fully saturated rings. The molecule has 3 aromatic rings. The van der Waals surface area contributed by atoms with Crippen molar-refractivity contribution in [2.45, 2.75) is 31.9 Å². The molecule has 1 aliphatic heterocycles. The average Bonchev–Trinajstić information content (AvgIpc) is 2.86. The number of anilines is 2. The largest absolute Gasteiger partial charge is 0.418 e. The van der Waals surface area contributed by atoms with Gasteiger partial charge in [0.15, 0.2) is 0 Å². The van der Waals surface area contributed by atoms with E-state index in [4.69, 9.17) is 17.3 Å². The summed E-state index contributed by atoms with van der Waals surface area (Å²) in [5.74, 6) is -0.796. The van der Waals surface area contributed by atoms with Crippen LogP contribution < -0.4 is 16.8 Å². The number of benzene rings is 1. The molecule has 0 radical (unpaired) electrons. The molecule has 204 valence electrons. The molecule has 38 heavy (non-hydrogen) atoms. The van der Waals surface area contributed by atoms with Crippen LogP contribution in [0.2, 0.25) is 5.28 Å². The fourth-order valence-electron chi connectivity index (χ4n) is 3.83. The Morgan fingerprint density at radius 3 is 2.47 bits per heavy atom. The van der Waals surface area contributed by atoms with Gasteiger partial charge >= 0.3 is 12.4 Å². The second kappa shape index (κ2) is 11.4. The van der Waals surface area contributed by atoms with E-state index in [1.165, 1.54) is 18.0 Å². The minimum absolute atomic E-state index is 0.0522. The van der Waals surface area contributed by atoms with E-state index in [9.17, 15) is 31.1 Å². The van der Waals surface area contributed by atoms with Crippen molar-refractivity contribution in [1.82, 2.24) is 19.9 Å². The van der Waals surface area contributed by atoms with Crippen molar-refractivity contribution < 1.29 is 31.1 Å². The number of hydrogen-bond donors (Lipinski definition) is 3. The number of fused-ring (bicyclic) bond motifs is 1. The number of hydrogen-bond acceptors (Lipinski definition) is 7. The van der Waals surface area contributed by atoms with E-state index in [-0.39, 0.29) is 48.4 Å². The van der Waals surface area contributed by atoms with Crippen molar-refractivity contribution in [3.63, 3.8) is 0 Å². The molecule has 15 heteroatoms. The van der Waals surface area contributed by atoms with Crippen LogP contribution in [0.15, 0.2) is 36.5 Å². The highest BCUT2D eigenvalue weighted by molar-refractivity contribution is 6.28. The maximum atomic E-state index is 13.4. The molecule has 0 bridgehead atoms. The number of nitrogens with two attached hydrogens (primary N) is 2. The standard InChI is InChI=1S/C22H17ClF6N6O.CH5N/c23-20-33-16-3-5-35(19(36)17-15(22(27,28)29)2-1-4-31-17)10-14(16)18(34-20)32-9-11-6-12(21(24,25)26)8-13(30)7-11;1-2/h1-2,4,6-8H,3,5,9-10,30H2,(H,32,33,34);2H2,1H3. The van der Waals surface area contributed by atoms with Crippen LogP contribution in [-0.4, -0.2) is 39.4 Å². The quantitative estimate of drug-likeness (QED) is 0.243. The first-order valence-electron chi connectivity index (χ1n) is 11.0. The Labute approximate surface area is 218 Å². The Morgan fingerprint density at radius 2 is 1.82 bits per heavy atom. The number of rotatable bonds is 4. The minimum atomic E-state index is -4.77. The van der Waals surface area contributed by atoms with Gasteiger partial charge in [0.25, 0.3) is 5.91 Å². The summed E-state index contributed by atoms with van der Waals surface area (Å²) in [6.45, 7) is -0.233. The molecular formula is C23H22ClF6N7O. The molecule has 2 aromatic heterocycles. The number of aromatic nitrogens is 3. The Kier molecular flexibility index (Phi) is 8.67. The number of pyridine rings is 1. The van der Waals surface area contributed by atoms with Crippen molar-refractivity contribution in [3.05, 3.63) is 75.5 Å². The Hall–Kier alpha value is -3.65. The third-order valence-corrected chi connectivity index (χ3v) is 5.61. The predicted octanol–water partition coefficient (Wildman–Crippen LogP) is 4.53. The lowest BCUT2D eigenvalue weighted by Crippen LogP contribution is -2.38. The highest BCUT2D eigenvalue weighted by Gasteiger charge is 2.38. The van der Waals surface area contributed by atoms with Gasteiger partial charge in [-0.1, -0.05) is 0 Å². The van der Waals surface area contributed by atoms with E-state index >= 15 is 0 Å². The zero-order valence-corrected chi connectivity index (χ0v) is 20.5. The van der Waals surface area contributed by atoms with Crippen LogP contribution in [-0.2, 0) is 31.9 Å². The van der Waals surface area contributed by atoms with E-state index in [0.717, 1.165) is 30.5 Å². The fraction of sp³-hybridized carbons (Fsp3) is 0.304. The summed E-state index contributed by atoms with van der Waals surface area (Å²) in [6, 6.07) is 4.95. The van der Waals surface area contributed by atoms with E-state index in [0.29, 0.717) is 11.3 Å². The zero-order valence-electron chi connectivity index (χ0n) is 19.8. The molecule has 1 amide bonds. The summed E-state index contributed by atoms with van der Waals surface area (Å²) < 4.78 is 79.5. The lowest BCUT2D eigenvalue weighted by molar-refractivity contribution is -0.138. The molecule has 8 nitrogen and oxygen atoms in total. The number of amides is 1. The molecule has 0 aliphatic carbocycles. The summed E-state index contributed by atoms with van der Waals surface area (Å²) in [6.07, 6.45) is -8.11. The third-order valence-electron chi connectivity index (χ3n) is 5.44. The van der Waals surface area contributed by atoms with Gasteiger partial charge in [-0.2, -0.15) is 26.3 Å². The first-order chi connectivity index (χ1) is 17.8. The van der Waals surface area contributed by atoms with E-state index < -0.39 is 35.1 Å². The van der Waals surface area contributed by atoms with Gasteiger partial charge in [-0.05, 0) is 54.5 Å². The average molecular weight is 562 g/mol. The SMILES string of the molecule is CN.Nc1cc(CNc2nc(Cl)nc3c2CN(C(=O)c2ncccc2C(F)(F)F)CC3)cc(C(F)(F)F)c1. The van der Waals surface area contributed by atoms with Gasteiger partial charge in [0, 0.05) is 37.0 Å². The van der Waals surface area contributed by atoms with Gasteiger partial charge in [0.1, 0.15) is 11.5 Å². The molecular weight excluding hydrogens is 540 g/mol. The van der Waals surface area contributed by atoms with Crippen LogP contribution in [0.1, 0.15) is 38.4 Å². The number of carbonyl (C=O) groups excluding carboxylic acids is 1. The highest BCUT2D eigenvalue weighted by atomic mass is 35.5. The Balaban J connectivity index is 0.00000195. The summed E-state index contributed by atoms with van der Waals surface area (Å²) >= 11 is 5.99. The molecule has 1 aliphatic rings. The number of nitrogens with zero attached hydrogens (tertiary/aromatic N) is 4. The minimum Gasteiger partial charge on any atom is -0.399 e. The Morgan fingerprint density at radius 1 is 1.11 bits per heavy atom. The van der Waals surface area contributed by atoms with Crippen molar-refractivity contribution in [2.24, 2.45) is 5.73 Å². The molecule has 1 aromatic carbocycles. The second-order valence-electron chi connectivity index (χ2n) is 7.96. The van der Waals surface area contributed by atoms with E-state index in [1.54, 1.807) is 0 Å². The number of nitrogens with one attached hydrogen (secondary N) is 1. The normalized spacial score (nSPS) is 13.3. The predicted molar refractivity (Wildman–Crippen MR) is 128 cm³/mol. The van der Waals surface area contributed by atoms with Crippen LogP contribution in [0, 0.1) is 0 Å². The van der Waals surface area contributed by atoms with Crippen molar-refractivity contribution in [3.8, 4) is 0 Å². The third kappa shape index (κ3) is 6.61. The first kappa shape index (κ1) is 28.9. The van der Waals surface area contributed by atoms with E-state index in [2.05, 4.69) is 26.0 Å². The maximum Gasteiger partial charge on any atom is 0.418 e. The van der Waals surface area contributed by atoms with Gasteiger partial charge in [0.05, 0.1) is 23.4 Å². The number of alkyl halides is 6. The number of carbonyl (C=O) groups is 1. The maximum absolute atomic E-state index is 13.4. The van der Waals surface area contributed by atoms with Crippen LogP contribution in [0.3, 0.4) is 0 Å². The molecule has 3 heterocycles. The van der Waals surface area contributed by atoms with Gasteiger partial charge in [-0.25, -0.2) is 9.97 Å². The van der Waals surface area contributed by atoms with Crippen LogP contribution >= 0.6 is 11.6 Å². The van der Waals surface area contributed by atoms with Crippen LogP contribution in [0.5, 0.6) is 0 Å². The molecule has 0 saturated heterocycles. The smallest absolute Gasteiger partial charge is 0.399 e. The highest BCUT2D eigenvalue weighted by Crippen LogP contribution is 2.34. The molecule has 0 unspecified atom stereocenters. The first-order valence-corrected chi connectivity index (χ1v) is 11.4. The molecule has 0 spiro atoms. The Bertz CT molecular complexity index is 1320. The zero-order chi connectivity index (χ0) is 28.3. The van der Waals surface area contributed by atoms with Crippen molar-refractivity contribution in [2.75, 3.05) is 24.6 Å². The summed E-state index contributed by atoms with van der Waals surface area (Å²) in [7, 11) is 1.50. The fourth-order valence-corrected chi connectivity index (χ4v) is 4.01. The van der Waals surface area contributed by atoms with Crippen LogP contribution in [0.4, 0.5) is 37.8 Å². The second-order valence-corrected chi connectivity index (χ2v) is 8.29. The summed E-state index contributed by atoms with van der Waals surface area (Å²) in [4.78, 5) is 26.0. The van der Waals surface area contributed by atoms with Gasteiger partial charge in [-0.3, -0.25) is 9.78 Å². The summed E-state index contributed by atoms with van der Waals surface area (Å²) in [5, 5.41) is 2.74. The van der Waals surface area contributed by atoms with E-state index in [1.807, 2.05) is 0 Å². The van der Waals surface area contributed by atoms with Crippen molar-refractivity contribution >= 4 is 29.0 Å². The molecule has 0 saturated carbocycles. The molecule has 5 N–H and O–H groups in total. The number of nitrogen functional groups attached to an aromatic ring is 1. The lowest BCUT2D eigenvalue weighted by Gasteiger charge is -2.30. The van der Waals surface area contributed by atoms with Crippen molar-refractivity contribution in [1.29, 1.82) is 0 Å². The van der Waals surface area contributed by atoms with Gasteiger partial charge in [0.2, 0.25) is 5.28 Å². The van der Waals surface area contributed by atoms with Gasteiger partial charge in [-0.15, -0.1) is 0 Å². The number of halogens is 7. The lowest BCUT2D eigenvalue weighted by atomic mass is 10.0. The monoisotopic (exact) mass is 561 g/mol.